The number of rotatable bonds is 8. The van der Waals surface area contributed by atoms with Gasteiger partial charge >= 0.3 is 0 Å². The molecule has 27 heavy (non-hydrogen) atoms. The van der Waals surface area contributed by atoms with Crippen molar-refractivity contribution >= 4 is 5.91 Å². The molecule has 1 amide bonds. The van der Waals surface area contributed by atoms with Crippen LogP contribution >= 0.6 is 0 Å². The summed E-state index contributed by atoms with van der Waals surface area (Å²) in [5, 5.41) is 3.07. The summed E-state index contributed by atoms with van der Waals surface area (Å²) in [5.74, 6) is 1.48. The minimum Gasteiger partial charge on any atom is -0.456 e. The predicted molar refractivity (Wildman–Crippen MR) is 107 cm³/mol. The lowest BCUT2D eigenvalue weighted by atomic mass is 10.1. The molecule has 0 saturated carbocycles. The standard InChI is InChI=1S/C23H24N2O2/c1-18(25-23(26)14-5-10-19-8-3-2-4-9-19)20-11-6-12-21(16-20)27-22-13-7-15-24-17-22/h2-4,6-9,11-13,15-18H,5,10,14H2,1H3,(H,25,26)/t18-/m0/s1. The number of carbonyl (C=O) groups excluding carboxylic acids is 1. The van der Waals surface area contributed by atoms with E-state index in [1.165, 1.54) is 5.56 Å². The summed E-state index contributed by atoms with van der Waals surface area (Å²) >= 11 is 0. The maximum Gasteiger partial charge on any atom is 0.220 e. The summed E-state index contributed by atoms with van der Waals surface area (Å²) in [6.45, 7) is 1.98. The lowest BCUT2D eigenvalue weighted by Crippen LogP contribution is -2.26. The molecule has 4 heteroatoms. The number of benzene rings is 2. The summed E-state index contributed by atoms with van der Waals surface area (Å²) < 4.78 is 5.81. The first kappa shape index (κ1) is 18.6. The second-order valence-electron chi connectivity index (χ2n) is 6.49. The normalized spacial score (nSPS) is 11.6. The molecule has 0 spiro atoms. The van der Waals surface area contributed by atoms with Gasteiger partial charge in [-0.25, -0.2) is 0 Å². The van der Waals surface area contributed by atoms with Crippen LogP contribution in [0.2, 0.25) is 0 Å². The maximum absolute atomic E-state index is 12.2. The van der Waals surface area contributed by atoms with Gasteiger partial charge in [0.1, 0.15) is 11.5 Å². The lowest BCUT2D eigenvalue weighted by Gasteiger charge is -2.15. The summed E-state index contributed by atoms with van der Waals surface area (Å²) in [5.41, 5.74) is 2.27. The fourth-order valence-corrected chi connectivity index (χ4v) is 2.89. The molecule has 1 heterocycles. The first-order valence-electron chi connectivity index (χ1n) is 9.22. The van der Waals surface area contributed by atoms with E-state index in [-0.39, 0.29) is 11.9 Å². The second-order valence-corrected chi connectivity index (χ2v) is 6.49. The molecule has 0 bridgehead atoms. The molecule has 1 aromatic heterocycles. The topological polar surface area (TPSA) is 51.2 Å². The number of hydrogen-bond acceptors (Lipinski definition) is 3. The van der Waals surface area contributed by atoms with Crippen molar-refractivity contribution in [1.29, 1.82) is 0 Å². The van der Waals surface area contributed by atoms with E-state index in [1.54, 1.807) is 12.4 Å². The van der Waals surface area contributed by atoms with Gasteiger partial charge in [0, 0.05) is 12.6 Å². The third-order valence-electron chi connectivity index (χ3n) is 4.32. The highest BCUT2D eigenvalue weighted by Gasteiger charge is 2.10. The minimum atomic E-state index is -0.0772. The van der Waals surface area contributed by atoms with Gasteiger partial charge in [0.05, 0.1) is 12.2 Å². The minimum absolute atomic E-state index is 0.0667. The number of aromatic nitrogens is 1. The van der Waals surface area contributed by atoms with E-state index in [1.807, 2.05) is 61.5 Å². The largest absolute Gasteiger partial charge is 0.456 e. The molecule has 0 unspecified atom stereocenters. The van der Waals surface area contributed by atoms with E-state index in [4.69, 9.17) is 4.74 Å². The Hall–Kier alpha value is -3.14. The van der Waals surface area contributed by atoms with Crippen molar-refractivity contribution in [2.75, 3.05) is 0 Å². The van der Waals surface area contributed by atoms with E-state index >= 15 is 0 Å². The maximum atomic E-state index is 12.2. The molecule has 0 aliphatic rings. The Labute approximate surface area is 160 Å². The van der Waals surface area contributed by atoms with Gasteiger partial charge in [-0.1, -0.05) is 42.5 Å². The Morgan fingerprint density at radius 2 is 1.85 bits per heavy atom. The number of ether oxygens (including phenoxy) is 1. The number of nitrogens with one attached hydrogen (secondary N) is 1. The van der Waals surface area contributed by atoms with E-state index in [0.29, 0.717) is 12.2 Å². The molecular weight excluding hydrogens is 336 g/mol. The van der Waals surface area contributed by atoms with Crippen LogP contribution < -0.4 is 10.1 Å². The van der Waals surface area contributed by atoms with Crippen LogP contribution in [0, 0.1) is 0 Å². The zero-order valence-electron chi connectivity index (χ0n) is 15.5. The fourth-order valence-electron chi connectivity index (χ4n) is 2.89. The van der Waals surface area contributed by atoms with Crippen molar-refractivity contribution in [1.82, 2.24) is 10.3 Å². The van der Waals surface area contributed by atoms with Gasteiger partial charge in [-0.15, -0.1) is 0 Å². The molecule has 0 radical (unpaired) electrons. The third-order valence-corrected chi connectivity index (χ3v) is 4.32. The van der Waals surface area contributed by atoms with E-state index < -0.39 is 0 Å². The number of amides is 1. The van der Waals surface area contributed by atoms with Crippen LogP contribution in [0.4, 0.5) is 0 Å². The Morgan fingerprint density at radius 3 is 2.63 bits per heavy atom. The third kappa shape index (κ3) is 5.96. The van der Waals surface area contributed by atoms with Gasteiger partial charge in [0.15, 0.2) is 0 Å². The van der Waals surface area contributed by atoms with E-state index in [0.717, 1.165) is 24.2 Å². The quantitative estimate of drug-likeness (QED) is 0.610. The first-order valence-corrected chi connectivity index (χ1v) is 9.22. The van der Waals surface area contributed by atoms with Gasteiger partial charge in [0.2, 0.25) is 5.91 Å². The van der Waals surface area contributed by atoms with Gasteiger partial charge in [-0.05, 0) is 55.2 Å². The fraction of sp³-hybridized carbons (Fsp3) is 0.217. The van der Waals surface area contributed by atoms with Crippen LogP contribution in [0.15, 0.2) is 79.1 Å². The number of aryl methyl sites for hydroxylation is 1. The van der Waals surface area contributed by atoms with E-state index in [9.17, 15) is 4.79 Å². The van der Waals surface area contributed by atoms with Gasteiger partial charge in [0.25, 0.3) is 0 Å². The van der Waals surface area contributed by atoms with Gasteiger partial charge in [-0.2, -0.15) is 0 Å². The lowest BCUT2D eigenvalue weighted by molar-refractivity contribution is -0.121. The van der Waals surface area contributed by atoms with Crippen LogP contribution in [-0.4, -0.2) is 10.9 Å². The molecule has 1 N–H and O–H groups in total. The molecule has 3 aromatic rings. The number of carbonyl (C=O) groups is 1. The van der Waals surface area contributed by atoms with Crippen molar-refractivity contribution in [2.24, 2.45) is 0 Å². The molecular formula is C23H24N2O2. The molecule has 0 aliphatic heterocycles. The SMILES string of the molecule is C[C@H](NC(=O)CCCc1ccccc1)c1cccc(Oc2cccnc2)c1. The smallest absolute Gasteiger partial charge is 0.220 e. The summed E-state index contributed by atoms with van der Waals surface area (Å²) in [7, 11) is 0. The zero-order valence-corrected chi connectivity index (χ0v) is 15.5. The average Bonchev–Trinajstić information content (AvgIpc) is 2.70. The molecule has 0 saturated heterocycles. The molecule has 4 nitrogen and oxygen atoms in total. The van der Waals surface area contributed by atoms with Gasteiger partial charge < -0.3 is 10.1 Å². The number of hydrogen-bond donors (Lipinski definition) is 1. The molecule has 1 atom stereocenters. The molecule has 2 aromatic carbocycles. The van der Waals surface area contributed by atoms with Crippen molar-refractivity contribution in [3.63, 3.8) is 0 Å². The average molecular weight is 360 g/mol. The van der Waals surface area contributed by atoms with E-state index in [2.05, 4.69) is 22.4 Å². The van der Waals surface area contributed by atoms with Crippen molar-refractivity contribution in [3.05, 3.63) is 90.3 Å². The highest BCUT2D eigenvalue weighted by molar-refractivity contribution is 5.76. The van der Waals surface area contributed by atoms with Crippen LogP contribution in [-0.2, 0) is 11.2 Å². The number of pyridine rings is 1. The van der Waals surface area contributed by atoms with Crippen LogP contribution in [0.25, 0.3) is 0 Å². The monoisotopic (exact) mass is 360 g/mol. The van der Waals surface area contributed by atoms with Crippen molar-refractivity contribution in [3.8, 4) is 11.5 Å². The highest BCUT2D eigenvalue weighted by Crippen LogP contribution is 2.24. The van der Waals surface area contributed by atoms with Crippen LogP contribution in [0.5, 0.6) is 11.5 Å². The summed E-state index contributed by atoms with van der Waals surface area (Å²) in [6, 6.07) is 21.6. The van der Waals surface area contributed by atoms with Gasteiger partial charge in [-0.3, -0.25) is 9.78 Å². The summed E-state index contributed by atoms with van der Waals surface area (Å²) in [4.78, 5) is 16.3. The van der Waals surface area contributed by atoms with Crippen LogP contribution in [0.3, 0.4) is 0 Å². The number of nitrogens with zero attached hydrogens (tertiary/aromatic N) is 1. The summed E-state index contributed by atoms with van der Waals surface area (Å²) in [6.07, 6.45) is 5.65. The second kappa shape index (κ2) is 9.53. The van der Waals surface area contributed by atoms with Crippen LogP contribution in [0.1, 0.15) is 36.9 Å². The Morgan fingerprint density at radius 1 is 1.04 bits per heavy atom. The zero-order chi connectivity index (χ0) is 18.9. The van der Waals surface area contributed by atoms with Crippen molar-refractivity contribution in [2.45, 2.75) is 32.2 Å². The molecule has 0 fully saturated rings. The molecule has 138 valence electrons. The highest BCUT2D eigenvalue weighted by atomic mass is 16.5. The Kier molecular flexibility index (Phi) is 6.58. The predicted octanol–water partition coefficient (Wildman–Crippen LogP) is 5.07. The first-order chi connectivity index (χ1) is 13.2. The molecule has 3 rings (SSSR count). The Bertz CT molecular complexity index is 851. The molecule has 0 aliphatic carbocycles. The van der Waals surface area contributed by atoms with Crippen molar-refractivity contribution < 1.29 is 9.53 Å². The Balaban J connectivity index is 1.50.